The van der Waals surface area contributed by atoms with Gasteiger partial charge in [0.05, 0.1) is 21.6 Å². The second kappa shape index (κ2) is 8.26. The van der Waals surface area contributed by atoms with E-state index in [1.807, 2.05) is 6.07 Å². The van der Waals surface area contributed by atoms with E-state index in [0.717, 1.165) is 30.8 Å². The molecule has 1 N–H and O–H groups in total. The second-order valence-corrected chi connectivity index (χ2v) is 10.2. The smallest absolute Gasteiger partial charge is 0.334 e. The monoisotopic (exact) mass is 602 g/mol. The van der Waals surface area contributed by atoms with Crippen molar-refractivity contribution in [3.63, 3.8) is 0 Å². The average molecular weight is 603 g/mol. The van der Waals surface area contributed by atoms with Gasteiger partial charge in [0.15, 0.2) is 11.5 Å². The quantitative estimate of drug-likeness (QED) is 0.388. The third-order valence-corrected chi connectivity index (χ3v) is 7.17. The van der Waals surface area contributed by atoms with Crippen LogP contribution >= 0.6 is 27.3 Å². The molecule has 0 radical (unpaired) electrons. The van der Waals surface area contributed by atoms with Gasteiger partial charge in [0, 0.05) is 23.7 Å². The molecule has 0 spiro atoms. The Bertz CT molecular complexity index is 1390. The fourth-order valence-electron chi connectivity index (χ4n) is 3.30. The SMILES string of the molecule is Cn1nc(C(F)(F)C(F)(F)F)c(C(F)(F)F)c1-n1cc(-c2cc(C(=O)NC3(C#N)CC3)c(Br)s2)cn1. The number of hydrogen-bond acceptors (Lipinski definition) is 5. The van der Waals surface area contributed by atoms with Crippen molar-refractivity contribution >= 4 is 33.2 Å². The molecule has 1 aliphatic rings. The van der Waals surface area contributed by atoms with E-state index in [0.29, 0.717) is 26.2 Å². The number of thiophene rings is 1. The second-order valence-electron chi connectivity index (χ2n) is 7.86. The molecule has 7 nitrogen and oxygen atoms in total. The van der Waals surface area contributed by atoms with Gasteiger partial charge < -0.3 is 5.32 Å². The highest BCUT2D eigenvalue weighted by Gasteiger charge is 2.64. The van der Waals surface area contributed by atoms with Crippen LogP contribution in [-0.4, -0.2) is 37.2 Å². The van der Waals surface area contributed by atoms with E-state index in [4.69, 9.17) is 5.26 Å². The summed E-state index contributed by atoms with van der Waals surface area (Å²) in [5.74, 6) is -7.61. The first-order chi connectivity index (χ1) is 16.5. The van der Waals surface area contributed by atoms with E-state index < -0.39 is 46.8 Å². The standard InChI is InChI=1S/C19H11BrF8N6OS/c1-33-15(11(18(23,24)25)12(32-33)17(21,22)19(26,27)28)34-6-8(5-30-34)10-4-9(13(20)36-10)14(35)31-16(7-29)2-3-16/h4-6H,2-3H2,1H3,(H,31,35). The van der Waals surface area contributed by atoms with E-state index in [9.17, 15) is 39.9 Å². The number of carbonyl (C=O) groups excluding carboxylic acids is 1. The van der Waals surface area contributed by atoms with Crippen LogP contribution in [0.2, 0.25) is 0 Å². The number of halogens is 9. The predicted octanol–water partition coefficient (Wildman–Crippen LogP) is 5.56. The van der Waals surface area contributed by atoms with Crippen LogP contribution in [-0.2, 0) is 19.1 Å². The molecular weight excluding hydrogens is 592 g/mol. The summed E-state index contributed by atoms with van der Waals surface area (Å²) in [5, 5.41) is 18.3. The third-order valence-electron chi connectivity index (χ3n) is 5.29. The van der Waals surface area contributed by atoms with Gasteiger partial charge in [0.25, 0.3) is 5.91 Å². The first kappa shape index (κ1) is 26.1. The van der Waals surface area contributed by atoms with Gasteiger partial charge in [-0.1, -0.05) is 0 Å². The van der Waals surface area contributed by atoms with E-state index in [2.05, 4.69) is 31.4 Å². The van der Waals surface area contributed by atoms with E-state index in [1.165, 1.54) is 6.07 Å². The molecular formula is C19H11BrF8N6OS. The molecule has 0 atom stereocenters. The molecule has 3 aromatic heterocycles. The molecule has 0 unspecified atom stereocenters. The summed E-state index contributed by atoms with van der Waals surface area (Å²) >= 11 is 4.20. The summed E-state index contributed by atoms with van der Waals surface area (Å²) in [6.45, 7) is 0. The predicted molar refractivity (Wildman–Crippen MR) is 111 cm³/mol. The molecule has 3 heterocycles. The van der Waals surface area contributed by atoms with Gasteiger partial charge in [0.2, 0.25) is 0 Å². The summed E-state index contributed by atoms with van der Waals surface area (Å²) in [7, 11) is 0.773. The molecule has 1 fully saturated rings. The number of rotatable bonds is 5. The Balaban J connectivity index is 1.74. The highest BCUT2D eigenvalue weighted by atomic mass is 79.9. The van der Waals surface area contributed by atoms with Crippen LogP contribution in [0.1, 0.15) is 34.5 Å². The summed E-state index contributed by atoms with van der Waals surface area (Å²) in [4.78, 5) is 12.8. The number of aromatic nitrogens is 4. The Labute approximate surface area is 208 Å². The molecule has 4 rings (SSSR count). The zero-order chi connectivity index (χ0) is 26.8. The van der Waals surface area contributed by atoms with Crippen LogP contribution in [0.15, 0.2) is 22.2 Å². The molecule has 1 amide bonds. The summed E-state index contributed by atoms with van der Waals surface area (Å²) in [6.07, 6.45) is -8.96. The first-order valence-corrected chi connectivity index (χ1v) is 11.3. The first-order valence-electron chi connectivity index (χ1n) is 9.68. The van der Waals surface area contributed by atoms with E-state index in [1.54, 1.807) is 0 Å². The molecule has 0 aromatic carbocycles. The largest absolute Gasteiger partial charge is 0.459 e. The molecule has 0 saturated heterocycles. The number of nitrogens with zero attached hydrogens (tertiary/aromatic N) is 5. The maximum absolute atomic E-state index is 13.9. The van der Waals surface area contributed by atoms with Crippen LogP contribution in [0, 0.1) is 11.3 Å². The Morgan fingerprint density at radius 2 is 1.86 bits per heavy atom. The third kappa shape index (κ3) is 4.36. The molecule has 0 bridgehead atoms. The van der Waals surface area contributed by atoms with Crippen molar-refractivity contribution in [3.05, 3.63) is 39.1 Å². The zero-order valence-corrected chi connectivity index (χ0v) is 20.0. The fourth-order valence-corrected chi connectivity index (χ4v) is 4.97. The summed E-state index contributed by atoms with van der Waals surface area (Å²) < 4.78 is 109. The number of alkyl halides is 8. The lowest BCUT2D eigenvalue weighted by atomic mass is 10.1. The Morgan fingerprint density at radius 1 is 1.22 bits per heavy atom. The van der Waals surface area contributed by atoms with Crippen LogP contribution < -0.4 is 5.32 Å². The molecule has 1 aliphatic carbocycles. The van der Waals surface area contributed by atoms with E-state index >= 15 is 0 Å². The van der Waals surface area contributed by atoms with Crippen molar-refractivity contribution in [2.75, 3.05) is 0 Å². The lowest BCUT2D eigenvalue weighted by molar-refractivity contribution is -0.292. The highest BCUT2D eigenvalue weighted by molar-refractivity contribution is 9.11. The van der Waals surface area contributed by atoms with Crippen molar-refractivity contribution in [2.45, 2.75) is 36.7 Å². The maximum atomic E-state index is 13.9. The fraction of sp³-hybridized carbons (Fsp3) is 0.368. The van der Waals surface area contributed by atoms with Crippen molar-refractivity contribution in [2.24, 2.45) is 7.05 Å². The summed E-state index contributed by atoms with van der Waals surface area (Å²) in [6, 6.07) is 3.37. The number of aryl methyl sites for hydroxylation is 1. The Kier molecular flexibility index (Phi) is 5.99. The lowest BCUT2D eigenvalue weighted by Gasteiger charge is -2.19. The molecule has 3 aromatic rings. The van der Waals surface area contributed by atoms with Crippen molar-refractivity contribution in [1.29, 1.82) is 5.26 Å². The normalized spacial score (nSPS) is 15.6. The van der Waals surface area contributed by atoms with Crippen LogP contribution in [0.5, 0.6) is 0 Å². The van der Waals surface area contributed by atoms with Crippen molar-refractivity contribution < 1.29 is 39.9 Å². The molecule has 1 saturated carbocycles. The number of nitrogens with one attached hydrogen (secondary N) is 1. The molecule has 192 valence electrons. The maximum Gasteiger partial charge on any atom is 0.459 e. The van der Waals surface area contributed by atoms with Crippen LogP contribution in [0.25, 0.3) is 16.3 Å². The van der Waals surface area contributed by atoms with Crippen molar-refractivity contribution in [1.82, 2.24) is 24.9 Å². The molecule has 36 heavy (non-hydrogen) atoms. The average Bonchev–Trinajstić information content (AvgIpc) is 3.08. The topological polar surface area (TPSA) is 88.5 Å². The van der Waals surface area contributed by atoms with Gasteiger partial charge in [0.1, 0.15) is 11.1 Å². The minimum Gasteiger partial charge on any atom is -0.334 e. The van der Waals surface area contributed by atoms with Gasteiger partial charge in [-0.25, -0.2) is 9.36 Å². The Hall–Kier alpha value is -3.00. The summed E-state index contributed by atoms with van der Waals surface area (Å²) in [5.41, 5.74) is -5.47. The highest BCUT2D eigenvalue weighted by Crippen LogP contribution is 2.49. The lowest BCUT2D eigenvalue weighted by Crippen LogP contribution is -2.36. The van der Waals surface area contributed by atoms with E-state index in [-0.39, 0.29) is 15.8 Å². The van der Waals surface area contributed by atoms with Crippen LogP contribution in [0.4, 0.5) is 35.1 Å². The number of hydrogen-bond donors (Lipinski definition) is 1. The number of carbonyl (C=O) groups is 1. The minimum absolute atomic E-state index is 0.132. The van der Waals surface area contributed by atoms with Crippen LogP contribution in [0.3, 0.4) is 0 Å². The van der Waals surface area contributed by atoms with Crippen molar-refractivity contribution in [3.8, 4) is 22.3 Å². The minimum atomic E-state index is -6.32. The van der Waals surface area contributed by atoms with Gasteiger partial charge in [-0.15, -0.1) is 11.3 Å². The zero-order valence-electron chi connectivity index (χ0n) is 17.6. The number of nitriles is 1. The molecule has 17 heteroatoms. The Morgan fingerprint density at radius 3 is 2.39 bits per heavy atom. The van der Waals surface area contributed by atoms with Gasteiger partial charge >= 0.3 is 18.3 Å². The molecule has 0 aliphatic heterocycles. The number of amides is 1. The van der Waals surface area contributed by atoms with Gasteiger partial charge in [-0.05, 0) is 34.8 Å². The van der Waals surface area contributed by atoms with Gasteiger partial charge in [-0.2, -0.15) is 50.6 Å². The van der Waals surface area contributed by atoms with Gasteiger partial charge in [-0.3, -0.25) is 4.79 Å².